The third kappa shape index (κ3) is 10.5. The number of carbonyl (C=O) groups excluding carboxylic acids is 1. The van der Waals surface area contributed by atoms with E-state index in [-0.39, 0.29) is 43.1 Å². The zero-order valence-corrected chi connectivity index (χ0v) is 18.8. The minimum atomic E-state index is 0. The molecule has 0 aliphatic carbocycles. The lowest BCUT2D eigenvalue weighted by Gasteiger charge is -2.34. The molecule has 0 aromatic carbocycles. The number of nitrogens with zero attached hydrogens (tertiary/aromatic N) is 2. The maximum atomic E-state index is 12.1. The van der Waals surface area contributed by atoms with Crippen LogP contribution in [0.1, 0.15) is 39.5 Å². The average molecular weight is 434 g/mol. The summed E-state index contributed by atoms with van der Waals surface area (Å²) in [6.07, 6.45) is 4.20. The summed E-state index contributed by atoms with van der Waals surface area (Å²) < 4.78 is 0. The van der Waals surface area contributed by atoms with Crippen molar-refractivity contribution in [3.8, 4) is 0 Å². The van der Waals surface area contributed by atoms with Crippen LogP contribution in [0, 0.1) is 11.8 Å². The Morgan fingerprint density at radius 3 is 2.23 bits per heavy atom. The molecule has 2 fully saturated rings. The molecule has 0 saturated carbocycles. The number of nitrogens with one attached hydrogen (secondary N) is 2. The van der Waals surface area contributed by atoms with Gasteiger partial charge in [-0.2, -0.15) is 0 Å². The molecule has 0 spiro atoms. The first-order valence-corrected chi connectivity index (χ1v) is 9.61. The lowest BCUT2D eigenvalue weighted by atomic mass is 9.84. The van der Waals surface area contributed by atoms with Crippen molar-refractivity contribution in [2.75, 3.05) is 58.9 Å². The van der Waals surface area contributed by atoms with E-state index in [0.717, 1.165) is 38.5 Å². The summed E-state index contributed by atoms with van der Waals surface area (Å²) in [4.78, 5) is 17.1. The van der Waals surface area contributed by atoms with Gasteiger partial charge in [0, 0.05) is 39.1 Å². The van der Waals surface area contributed by atoms with Crippen LogP contribution in [0.5, 0.6) is 0 Å². The monoisotopic (exact) mass is 432 g/mol. The van der Waals surface area contributed by atoms with Gasteiger partial charge < -0.3 is 20.4 Å². The van der Waals surface area contributed by atoms with Gasteiger partial charge in [-0.3, -0.25) is 4.79 Å². The molecule has 0 aromatic rings. The highest BCUT2D eigenvalue weighted by molar-refractivity contribution is 5.86. The van der Waals surface area contributed by atoms with Gasteiger partial charge in [-0.25, -0.2) is 0 Å². The van der Waals surface area contributed by atoms with Gasteiger partial charge in [-0.05, 0) is 57.3 Å². The largest absolute Gasteiger partial charge is 0.356 e. The molecule has 1 unspecified atom stereocenters. The van der Waals surface area contributed by atoms with Gasteiger partial charge >= 0.3 is 0 Å². The highest BCUT2D eigenvalue weighted by Crippen LogP contribution is 2.24. The molecule has 1 atom stereocenters. The molecule has 158 valence electrons. The number of rotatable bonds is 8. The Morgan fingerprint density at radius 1 is 1.08 bits per heavy atom. The Morgan fingerprint density at radius 2 is 1.65 bits per heavy atom. The van der Waals surface area contributed by atoms with Crippen molar-refractivity contribution in [2.24, 2.45) is 11.8 Å². The van der Waals surface area contributed by atoms with Crippen LogP contribution in [0.25, 0.3) is 0 Å². The first-order valence-electron chi connectivity index (χ1n) is 9.61. The van der Waals surface area contributed by atoms with Crippen molar-refractivity contribution in [3.63, 3.8) is 0 Å². The van der Waals surface area contributed by atoms with Crippen LogP contribution >= 0.6 is 37.2 Å². The van der Waals surface area contributed by atoms with E-state index in [0.29, 0.717) is 12.3 Å². The van der Waals surface area contributed by atoms with E-state index in [2.05, 4.69) is 34.3 Å². The highest BCUT2D eigenvalue weighted by atomic mass is 35.5. The molecule has 2 N–H and O–H groups in total. The van der Waals surface area contributed by atoms with Gasteiger partial charge in [0.25, 0.3) is 0 Å². The molecule has 8 heteroatoms. The number of halogens is 3. The summed E-state index contributed by atoms with van der Waals surface area (Å²) in [5, 5.41) is 6.51. The average Bonchev–Trinajstić information content (AvgIpc) is 2.60. The number of amides is 1. The number of carbonyl (C=O) groups is 1. The van der Waals surface area contributed by atoms with Gasteiger partial charge in [-0.1, -0.05) is 13.8 Å². The van der Waals surface area contributed by atoms with E-state index in [1.165, 1.54) is 45.6 Å². The second-order valence-electron chi connectivity index (χ2n) is 7.25. The maximum absolute atomic E-state index is 12.1. The summed E-state index contributed by atoms with van der Waals surface area (Å²) in [5.74, 6) is 1.47. The van der Waals surface area contributed by atoms with Gasteiger partial charge in [0.05, 0.1) is 0 Å². The van der Waals surface area contributed by atoms with E-state index in [9.17, 15) is 4.79 Å². The quantitative estimate of drug-likeness (QED) is 0.577. The number of piperazine rings is 1. The van der Waals surface area contributed by atoms with Crippen molar-refractivity contribution in [3.05, 3.63) is 0 Å². The smallest absolute Gasteiger partial charge is 0.220 e. The first-order chi connectivity index (χ1) is 11.2. The van der Waals surface area contributed by atoms with Gasteiger partial charge in [-0.15, -0.1) is 37.2 Å². The van der Waals surface area contributed by atoms with Crippen molar-refractivity contribution < 1.29 is 4.79 Å². The summed E-state index contributed by atoms with van der Waals surface area (Å²) in [5.41, 5.74) is 0. The second kappa shape index (κ2) is 16.2. The molecule has 0 aromatic heterocycles. The topological polar surface area (TPSA) is 47.6 Å². The van der Waals surface area contributed by atoms with Crippen LogP contribution in [0.3, 0.4) is 0 Å². The summed E-state index contributed by atoms with van der Waals surface area (Å²) in [6, 6.07) is 0. The molecule has 2 rings (SSSR count). The third-order valence-corrected chi connectivity index (χ3v) is 5.58. The van der Waals surface area contributed by atoms with Crippen LogP contribution in [0.2, 0.25) is 0 Å². The Hall–Kier alpha value is 0.220. The maximum Gasteiger partial charge on any atom is 0.220 e. The zero-order chi connectivity index (χ0) is 16.5. The normalized spacial score (nSPS) is 20.2. The number of likely N-dealkylation sites (N-methyl/N-ethyl adjacent to an activating group) is 1. The molecule has 26 heavy (non-hydrogen) atoms. The molecular weight excluding hydrogens is 395 g/mol. The molecule has 0 radical (unpaired) electrons. The molecule has 2 heterocycles. The Labute approximate surface area is 178 Å². The van der Waals surface area contributed by atoms with E-state index in [4.69, 9.17) is 0 Å². The second-order valence-corrected chi connectivity index (χ2v) is 7.25. The molecule has 1 amide bonds. The lowest BCUT2D eigenvalue weighted by Crippen LogP contribution is -2.46. The van der Waals surface area contributed by atoms with Crippen molar-refractivity contribution in [1.82, 2.24) is 20.4 Å². The highest BCUT2D eigenvalue weighted by Gasteiger charge is 2.21. The molecule has 0 bridgehead atoms. The molecule has 2 aliphatic heterocycles. The standard InChI is InChI=1S/C18H36N4O.3ClH/c1-3-21-11-13-22(14-12-21)10-4-7-20-18(23)15-16(2)17-5-8-19-9-6-17;;;/h16-17,19H,3-15H2,1-2H3,(H,20,23);3*1H. The lowest BCUT2D eigenvalue weighted by molar-refractivity contribution is -0.122. The number of piperidine rings is 1. The van der Waals surface area contributed by atoms with Crippen molar-refractivity contribution in [1.29, 1.82) is 0 Å². The third-order valence-electron chi connectivity index (χ3n) is 5.58. The number of hydrogen-bond acceptors (Lipinski definition) is 4. The van der Waals surface area contributed by atoms with Crippen LogP contribution in [-0.2, 0) is 4.79 Å². The van der Waals surface area contributed by atoms with Gasteiger partial charge in [0.2, 0.25) is 5.91 Å². The van der Waals surface area contributed by atoms with Crippen LogP contribution < -0.4 is 10.6 Å². The van der Waals surface area contributed by atoms with Gasteiger partial charge in [0.1, 0.15) is 0 Å². The minimum absolute atomic E-state index is 0. The fourth-order valence-electron chi connectivity index (χ4n) is 3.80. The Kier molecular flexibility index (Phi) is 17.7. The predicted molar refractivity (Wildman–Crippen MR) is 117 cm³/mol. The number of hydrogen-bond donors (Lipinski definition) is 2. The Balaban J connectivity index is 0. The zero-order valence-electron chi connectivity index (χ0n) is 16.4. The summed E-state index contributed by atoms with van der Waals surface area (Å²) >= 11 is 0. The SMILES string of the molecule is CCN1CCN(CCCNC(=O)CC(C)C2CCNCC2)CC1.Cl.Cl.Cl. The van der Waals surface area contributed by atoms with Crippen LogP contribution in [0.4, 0.5) is 0 Å². The molecular formula is C18H39Cl3N4O. The van der Waals surface area contributed by atoms with E-state index in [1.807, 2.05) is 0 Å². The van der Waals surface area contributed by atoms with E-state index in [1.54, 1.807) is 0 Å². The van der Waals surface area contributed by atoms with Crippen molar-refractivity contribution >= 4 is 43.1 Å². The van der Waals surface area contributed by atoms with Gasteiger partial charge in [0.15, 0.2) is 0 Å². The predicted octanol–water partition coefficient (Wildman–Crippen LogP) is 2.42. The Bertz CT molecular complexity index is 349. The molecule has 2 aliphatic rings. The van der Waals surface area contributed by atoms with Crippen LogP contribution in [0.15, 0.2) is 0 Å². The fourth-order valence-corrected chi connectivity index (χ4v) is 3.80. The first kappa shape index (κ1) is 28.4. The van der Waals surface area contributed by atoms with E-state index >= 15 is 0 Å². The molecule has 2 saturated heterocycles. The van der Waals surface area contributed by atoms with E-state index < -0.39 is 0 Å². The van der Waals surface area contributed by atoms with Crippen molar-refractivity contribution in [2.45, 2.75) is 39.5 Å². The fraction of sp³-hybridized carbons (Fsp3) is 0.944. The molecule has 5 nitrogen and oxygen atoms in total. The minimum Gasteiger partial charge on any atom is -0.356 e. The summed E-state index contributed by atoms with van der Waals surface area (Å²) in [6.45, 7) is 14.5. The summed E-state index contributed by atoms with van der Waals surface area (Å²) in [7, 11) is 0. The van der Waals surface area contributed by atoms with Crippen LogP contribution in [-0.4, -0.2) is 74.6 Å².